The number of rotatable bonds is 2. The fourth-order valence-corrected chi connectivity index (χ4v) is 3.42. The number of hydrogen-bond acceptors (Lipinski definition) is 2. The Balaban J connectivity index is 1.97. The lowest BCUT2D eigenvalue weighted by Gasteiger charge is -2.30. The second-order valence-electron chi connectivity index (χ2n) is 5.75. The predicted octanol–water partition coefficient (Wildman–Crippen LogP) is 2.55. The molecule has 1 aliphatic rings. The molecule has 1 fully saturated rings. The number of nitrogens with one attached hydrogen (secondary N) is 1. The molecule has 1 aliphatic heterocycles. The van der Waals surface area contributed by atoms with Gasteiger partial charge in [0.25, 0.3) is 0 Å². The zero-order valence-corrected chi connectivity index (χ0v) is 12.5. The number of aromatic nitrogens is 1. The van der Waals surface area contributed by atoms with Crippen LogP contribution in [0.5, 0.6) is 5.75 Å². The largest absolute Gasteiger partial charge is 0.505 e. The topological polar surface area (TPSA) is 37.6 Å². The molecule has 1 aromatic heterocycles. The summed E-state index contributed by atoms with van der Waals surface area (Å²) in [6, 6.07) is 6.27. The van der Waals surface area contributed by atoms with Gasteiger partial charge in [0, 0.05) is 11.6 Å². The first-order valence-corrected chi connectivity index (χ1v) is 7.64. The molecule has 0 aliphatic carbocycles. The van der Waals surface area contributed by atoms with Gasteiger partial charge in [-0.2, -0.15) is 0 Å². The summed E-state index contributed by atoms with van der Waals surface area (Å²) in [5.41, 5.74) is 1.52. The van der Waals surface area contributed by atoms with Crippen LogP contribution in [0.2, 0.25) is 5.02 Å². The van der Waals surface area contributed by atoms with Crippen molar-refractivity contribution in [2.24, 2.45) is 0 Å². The highest BCUT2D eigenvalue weighted by molar-refractivity contribution is 6.35. The van der Waals surface area contributed by atoms with Crippen molar-refractivity contribution < 1.29 is 10.0 Å². The molecule has 106 valence electrons. The fourth-order valence-electron chi connectivity index (χ4n) is 3.13. The van der Waals surface area contributed by atoms with Crippen LogP contribution in [-0.2, 0) is 6.54 Å². The third-order valence-corrected chi connectivity index (χ3v) is 4.71. The number of aromatic hydroxyl groups is 1. The van der Waals surface area contributed by atoms with E-state index in [9.17, 15) is 5.11 Å². The van der Waals surface area contributed by atoms with E-state index in [4.69, 9.17) is 11.6 Å². The Morgan fingerprint density at radius 3 is 3.10 bits per heavy atom. The van der Waals surface area contributed by atoms with Crippen LogP contribution in [0.15, 0.2) is 24.4 Å². The van der Waals surface area contributed by atoms with Gasteiger partial charge in [-0.15, -0.1) is 0 Å². The molecule has 3 rings (SSSR count). The maximum atomic E-state index is 10.5. The molecule has 3 nitrogen and oxygen atoms in total. The Morgan fingerprint density at radius 2 is 2.30 bits per heavy atom. The normalized spacial score (nSPS) is 23.1. The Labute approximate surface area is 124 Å². The zero-order chi connectivity index (χ0) is 14.1. The minimum absolute atomic E-state index is 0.287. The van der Waals surface area contributed by atoms with E-state index in [0.717, 1.165) is 17.5 Å². The van der Waals surface area contributed by atoms with E-state index < -0.39 is 0 Å². The first-order valence-electron chi connectivity index (χ1n) is 7.26. The molecule has 4 heteroatoms. The second-order valence-corrected chi connectivity index (χ2v) is 6.15. The van der Waals surface area contributed by atoms with E-state index in [1.807, 2.05) is 18.2 Å². The molecule has 0 amide bonds. The van der Waals surface area contributed by atoms with Gasteiger partial charge in [-0.05, 0) is 44.4 Å². The number of quaternary nitrogens is 1. The average molecular weight is 292 g/mol. The van der Waals surface area contributed by atoms with Crippen molar-refractivity contribution in [1.82, 2.24) is 4.98 Å². The van der Waals surface area contributed by atoms with Crippen LogP contribution < -0.4 is 4.90 Å². The molecule has 0 radical (unpaired) electrons. The van der Waals surface area contributed by atoms with Crippen LogP contribution in [0.3, 0.4) is 0 Å². The highest BCUT2D eigenvalue weighted by Gasteiger charge is 2.24. The zero-order valence-electron chi connectivity index (χ0n) is 11.7. The van der Waals surface area contributed by atoms with Gasteiger partial charge in [-0.1, -0.05) is 11.6 Å². The maximum absolute atomic E-state index is 10.5. The lowest BCUT2D eigenvalue weighted by Crippen LogP contribution is -3.14. The fraction of sp³-hybridized carbons (Fsp3) is 0.438. The highest BCUT2D eigenvalue weighted by atomic mass is 35.5. The van der Waals surface area contributed by atoms with Crippen molar-refractivity contribution in [1.29, 1.82) is 0 Å². The van der Waals surface area contributed by atoms with Crippen LogP contribution >= 0.6 is 11.6 Å². The van der Waals surface area contributed by atoms with E-state index in [0.29, 0.717) is 16.6 Å². The molecule has 2 heterocycles. The molecular weight excluding hydrogens is 272 g/mol. The molecule has 1 unspecified atom stereocenters. The monoisotopic (exact) mass is 291 g/mol. The number of halogens is 1. The molecule has 20 heavy (non-hydrogen) atoms. The van der Waals surface area contributed by atoms with Crippen molar-refractivity contribution in [3.8, 4) is 5.75 Å². The Morgan fingerprint density at radius 1 is 1.45 bits per heavy atom. The summed E-state index contributed by atoms with van der Waals surface area (Å²) in [4.78, 5) is 5.80. The summed E-state index contributed by atoms with van der Waals surface area (Å²) in [6.07, 6.45) is 5.53. The third-order valence-electron chi connectivity index (χ3n) is 4.39. The number of hydrogen-bond donors (Lipinski definition) is 2. The van der Waals surface area contributed by atoms with E-state index in [2.05, 4.69) is 11.9 Å². The predicted molar refractivity (Wildman–Crippen MR) is 81.3 cm³/mol. The second kappa shape index (κ2) is 5.58. The van der Waals surface area contributed by atoms with Crippen LogP contribution in [0.1, 0.15) is 31.7 Å². The molecule has 0 saturated carbocycles. The number of nitrogens with zero attached hydrogens (tertiary/aromatic N) is 1. The summed E-state index contributed by atoms with van der Waals surface area (Å²) >= 11 is 6.33. The molecule has 0 spiro atoms. The van der Waals surface area contributed by atoms with Gasteiger partial charge < -0.3 is 10.0 Å². The SMILES string of the molecule is C[C@H]1CCCC[NH+]1Cc1cc(Cl)c2cccnc2c1O. The number of fused-ring (bicyclic) bond motifs is 1. The smallest absolute Gasteiger partial charge is 0.150 e. The van der Waals surface area contributed by atoms with Crippen molar-refractivity contribution in [2.75, 3.05) is 6.54 Å². The number of benzene rings is 1. The van der Waals surface area contributed by atoms with E-state index in [1.54, 1.807) is 6.20 Å². The van der Waals surface area contributed by atoms with Crippen LogP contribution in [-0.4, -0.2) is 22.7 Å². The van der Waals surface area contributed by atoms with Gasteiger partial charge in [0.1, 0.15) is 12.1 Å². The molecule has 2 atom stereocenters. The maximum Gasteiger partial charge on any atom is 0.150 e. The molecule has 1 aromatic carbocycles. The number of pyridine rings is 1. The minimum Gasteiger partial charge on any atom is -0.505 e. The Kier molecular flexibility index (Phi) is 3.81. The number of phenolic OH excluding ortho intramolecular Hbond substituents is 1. The number of phenols is 1. The lowest BCUT2D eigenvalue weighted by molar-refractivity contribution is -0.941. The summed E-state index contributed by atoms with van der Waals surface area (Å²) in [5, 5.41) is 11.9. The highest BCUT2D eigenvalue weighted by Crippen LogP contribution is 2.32. The summed E-state index contributed by atoms with van der Waals surface area (Å²) in [6.45, 7) is 4.27. The van der Waals surface area contributed by atoms with Crippen molar-refractivity contribution in [2.45, 2.75) is 38.8 Å². The number of piperidine rings is 1. The van der Waals surface area contributed by atoms with Gasteiger partial charge in [-0.3, -0.25) is 4.98 Å². The van der Waals surface area contributed by atoms with Crippen LogP contribution in [0.25, 0.3) is 10.9 Å². The van der Waals surface area contributed by atoms with Gasteiger partial charge >= 0.3 is 0 Å². The van der Waals surface area contributed by atoms with Crippen LogP contribution in [0, 0.1) is 0 Å². The van der Waals surface area contributed by atoms with Gasteiger partial charge in [0.15, 0.2) is 5.75 Å². The van der Waals surface area contributed by atoms with Gasteiger partial charge in [0.2, 0.25) is 0 Å². The summed E-state index contributed by atoms with van der Waals surface area (Å²) in [5.74, 6) is 0.287. The quantitative estimate of drug-likeness (QED) is 0.892. The van der Waals surface area contributed by atoms with Crippen molar-refractivity contribution >= 4 is 22.5 Å². The lowest BCUT2D eigenvalue weighted by atomic mass is 10.0. The Hall–Kier alpha value is -1.32. The summed E-state index contributed by atoms with van der Waals surface area (Å²) in [7, 11) is 0. The van der Waals surface area contributed by atoms with Crippen LogP contribution in [0.4, 0.5) is 0 Å². The first kappa shape index (κ1) is 13.7. The van der Waals surface area contributed by atoms with Gasteiger partial charge in [0.05, 0.1) is 23.2 Å². The van der Waals surface area contributed by atoms with Crippen molar-refractivity contribution in [3.05, 3.63) is 35.0 Å². The number of likely N-dealkylation sites (tertiary alicyclic amines) is 1. The molecular formula is C16H20ClN2O+. The first-order chi connectivity index (χ1) is 9.66. The Bertz CT molecular complexity index is 629. The van der Waals surface area contributed by atoms with Crippen molar-refractivity contribution in [3.63, 3.8) is 0 Å². The van der Waals surface area contributed by atoms with E-state index in [1.165, 1.54) is 30.7 Å². The van der Waals surface area contributed by atoms with E-state index in [-0.39, 0.29) is 5.75 Å². The average Bonchev–Trinajstić information content (AvgIpc) is 2.47. The molecule has 2 aromatic rings. The minimum atomic E-state index is 0.287. The van der Waals surface area contributed by atoms with Gasteiger partial charge in [-0.25, -0.2) is 0 Å². The van der Waals surface area contributed by atoms with E-state index >= 15 is 0 Å². The third kappa shape index (κ3) is 2.48. The molecule has 1 saturated heterocycles. The molecule has 0 bridgehead atoms. The summed E-state index contributed by atoms with van der Waals surface area (Å²) < 4.78 is 0. The molecule has 2 N–H and O–H groups in total. The standard InChI is InChI=1S/C16H19ClN2O/c1-11-5-2-3-8-19(11)10-12-9-14(17)13-6-4-7-18-15(13)16(12)20/h4,6-7,9,11,20H,2-3,5,8,10H2,1H3/p+1/t11-/m0/s1.